The van der Waals surface area contributed by atoms with Gasteiger partial charge in [-0.05, 0) is 49.1 Å². The van der Waals surface area contributed by atoms with Crippen molar-refractivity contribution in [3.8, 4) is 5.75 Å². The van der Waals surface area contributed by atoms with E-state index in [4.69, 9.17) is 4.74 Å². The number of nitrogens with zero attached hydrogens (tertiary/aromatic N) is 2. The van der Waals surface area contributed by atoms with Crippen molar-refractivity contribution in [2.75, 3.05) is 18.0 Å². The van der Waals surface area contributed by atoms with Crippen LogP contribution in [0, 0.1) is 0 Å². The monoisotopic (exact) mass is 577 g/mol. The van der Waals surface area contributed by atoms with Gasteiger partial charge in [0, 0.05) is 18.7 Å². The fourth-order valence-corrected chi connectivity index (χ4v) is 6.69. The van der Waals surface area contributed by atoms with Crippen molar-refractivity contribution < 1.29 is 22.7 Å². The maximum absolute atomic E-state index is 14.2. The first-order valence-electron chi connectivity index (χ1n) is 14.2. The summed E-state index contributed by atoms with van der Waals surface area (Å²) in [5.41, 5.74) is 1.14. The van der Waals surface area contributed by atoms with Gasteiger partial charge in [-0.25, -0.2) is 8.42 Å². The number of ether oxygens (including phenoxy) is 1. The molecule has 218 valence electrons. The molecule has 1 aliphatic carbocycles. The van der Waals surface area contributed by atoms with Gasteiger partial charge in [0.15, 0.2) is 0 Å². The third kappa shape index (κ3) is 7.67. The molecule has 1 fully saturated rings. The third-order valence-corrected chi connectivity index (χ3v) is 9.27. The minimum absolute atomic E-state index is 0.0623. The summed E-state index contributed by atoms with van der Waals surface area (Å²) in [6.45, 7) is 1.56. The molecular formula is C32H39N3O5S. The molecule has 0 saturated heterocycles. The molecule has 1 atom stereocenters. The van der Waals surface area contributed by atoms with Gasteiger partial charge in [0.2, 0.25) is 11.8 Å². The Morgan fingerprint density at radius 1 is 0.927 bits per heavy atom. The molecule has 3 aromatic carbocycles. The molecule has 1 saturated carbocycles. The van der Waals surface area contributed by atoms with Crippen LogP contribution in [-0.4, -0.2) is 50.9 Å². The number of methoxy groups -OCH3 is 1. The van der Waals surface area contributed by atoms with Crippen molar-refractivity contribution in [1.82, 2.24) is 10.2 Å². The highest BCUT2D eigenvalue weighted by molar-refractivity contribution is 7.92. The van der Waals surface area contributed by atoms with E-state index in [-0.39, 0.29) is 23.4 Å². The molecule has 8 nitrogen and oxygen atoms in total. The van der Waals surface area contributed by atoms with Crippen LogP contribution in [0.15, 0.2) is 89.8 Å². The van der Waals surface area contributed by atoms with E-state index in [0.717, 1.165) is 42.0 Å². The van der Waals surface area contributed by atoms with Gasteiger partial charge in [-0.3, -0.25) is 13.9 Å². The van der Waals surface area contributed by atoms with Crippen molar-refractivity contribution in [1.29, 1.82) is 0 Å². The van der Waals surface area contributed by atoms with Crippen molar-refractivity contribution in [2.24, 2.45) is 0 Å². The Balaban J connectivity index is 1.69. The lowest BCUT2D eigenvalue weighted by Gasteiger charge is -2.34. The first kappa shape index (κ1) is 30.1. The van der Waals surface area contributed by atoms with E-state index in [0.29, 0.717) is 17.9 Å². The zero-order valence-electron chi connectivity index (χ0n) is 23.7. The van der Waals surface area contributed by atoms with E-state index in [9.17, 15) is 18.0 Å². The lowest BCUT2D eigenvalue weighted by atomic mass is 9.95. The largest absolute Gasteiger partial charge is 0.497 e. The molecule has 0 heterocycles. The van der Waals surface area contributed by atoms with Crippen LogP contribution >= 0.6 is 0 Å². The number of benzene rings is 3. The number of amides is 2. The molecule has 2 amide bonds. The van der Waals surface area contributed by atoms with Crippen LogP contribution in [0.2, 0.25) is 0 Å². The molecule has 0 unspecified atom stereocenters. The van der Waals surface area contributed by atoms with Gasteiger partial charge in [0.1, 0.15) is 18.3 Å². The van der Waals surface area contributed by atoms with Crippen LogP contribution < -0.4 is 14.4 Å². The molecule has 0 aliphatic heterocycles. The van der Waals surface area contributed by atoms with Gasteiger partial charge in [-0.1, -0.05) is 80.8 Å². The predicted molar refractivity (Wildman–Crippen MR) is 160 cm³/mol. The molecule has 4 rings (SSSR count). The second-order valence-electron chi connectivity index (χ2n) is 10.3. The van der Waals surface area contributed by atoms with E-state index >= 15 is 0 Å². The Morgan fingerprint density at radius 3 is 2.22 bits per heavy atom. The molecule has 3 aromatic rings. The zero-order chi connectivity index (χ0) is 29.2. The van der Waals surface area contributed by atoms with Crippen molar-refractivity contribution in [2.45, 2.75) is 69.0 Å². The summed E-state index contributed by atoms with van der Waals surface area (Å²) in [5.74, 6) is -0.216. The minimum atomic E-state index is -4.13. The molecule has 9 heteroatoms. The van der Waals surface area contributed by atoms with Crippen molar-refractivity contribution in [3.05, 3.63) is 90.5 Å². The molecule has 1 aliphatic rings. The molecule has 0 radical (unpaired) electrons. The number of hydrogen-bond donors (Lipinski definition) is 1. The Hall–Kier alpha value is -3.85. The summed E-state index contributed by atoms with van der Waals surface area (Å²) in [7, 11) is -2.63. The molecule has 0 aromatic heterocycles. The number of rotatable bonds is 12. The van der Waals surface area contributed by atoms with Crippen LogP contribution in [-0.2, 0) is 26.2 Å². The van der Waals surface area contributed by atoms with Gasteiger partial charge < -0.3 is 15.0 Å². The van der Waals surface area contributed by atoms with Crippen LogP contribution in [0.3, 0.4) is 0 Å². The minimum Gasteiger partial charge on any atom is -0.497 e. The SMILES string of the molecule is CC[C@H](C(=O)NC1CCCCC1)N(Cc1ccccc1)C(=O)CN(c1cccc(OC)c1)S(=O)(=O)c1ccccc1. The topological polar surface area (TPSA) is 96.0 Å². The van der Waals surface area contributed by atoms with Gasteiger partial charge in [0.25, 0.3) is 10.0 Å². The lowest BCUT2D eigenvalue weighted by Crippen LogP contribution is -2.54. The number of carbonyl (C=O) groups is 2. The van der Waals surface area contributed by atoms with Crippen LogP contribution in [0.1, 0.15) is 51.0 Å². The van der Waals surface area contributed by atoms with E-state index in [1.54, 1.807) is 42.5 Å². The molecule has 41 heavy (non-hydrogen) atoms. The standard InChI is InChI=1S/C32H39N3O5S/c1-3-30(32(37)33-26-16-9-5-10-17-26)34(23-25-14-7-4-8-15-25)31(36)24-35(27-18-13-19-28(22-27)40-2)41(38,39)29-20-11-6-12-21-29/h4,6-8,11-15,18-22,26,30H,3,5,9-10,16-17,23-24H2,1-2H3,(H,33,37)/t30-/m1/s1. The highest BCUT2D eigenvalue weighted by Gasteiger charge is 2.34. The van der Waals surface area contributed by atoms with Crippen LogP contribution in [0.4, 0.5) is 5.69 Å². The average molecular weight is 578 g/mol. The fraction of sp³-hybridized carbons (Fsp3) is 0.375. The van der Waals surface area contributed by atoms with E-state index in [1.807, 2.05) is 37.3 Å². The van der Waals surface area contributed by atoms with Gasteiger partial charge in [-0.15, -0.1) is 0 Å². The summed E-state index contributed by atoms with van der Waals surface area (Å²) in [5, 5.41) is 3.17. The van der Waals surface area contributed by atoms with Crippen molar-refractivity contribution >= 4 is 27.5 Å². The normalized spacial score (nSPS) is 14.6. The van der Waals surface area contributed by atoms with Crippen molar-refractivity contribution in [3.63, 3.8) is 0 Å². The summed E-state index contributed by atoms with van der Waals surface area (Å²) in [4.78, 5) is 29.3. The van der Waals surface area contributed by atoms with Gasteiger partial charge in [0.05, 0.1) is 17.7 Å². The highest BCUT2D eigenvalue weighted by Crippen LogP contribution is 2.28. The van der Waals surface area contributed by atoms with E-state index in [1.165, 1.54) is 24.1 Å². The predicted octanol–water partition coefficient (Wildman–Crippen LogP) is 5.15. The smallest absolute Gasteiger partial charge is 0.264 e. The average Bonchev–Trinajstić information content (AvgIpc) is 3.01. The second-order valence-corrected chi connectivity index (χ2v) is 12.2. The van der Waals surface area contributed by atoms with Gasteiger partial charge in [-0.2, -0.15) is 0 Å². The first-order valence-corrected chi connectivity index (χ1v) is 15.6. The first-order chi connectivity index (χ1) is 19.8. The molecule has 0 spiro atoms. The van der Waals surface area contributed by atoms with Crippen LogP contribution in [0.25, 0.3) is 0 Å². The van der Waals surface area contributed by atoms with Gasteiger partial charge >= 0.3 is 0 Å². The number of carbonyl (C=O) groups excluding carboxylic acids is 2. The third-order valence-electron chi connectivity index (χ3n) is 7.48. The zero-order valence-corrected chi connectivity index (χ0v) is 24.6. The fourth-order valence-electron chi connectivity index (χ4n) is 5.26. The van der Waals surface area contributed by atoms with Crippen LogP contribution in [0.5, 0.6) is 5.75 Å². The molecular weight excluding hydrogens is 538 g/mol. The second kappa shape index (κ2) is 14.2. The highest BCUT2D eigenvalue weighted by atomic mass is 32.2. The Bertz CT molecular complexity index is 1390. The van der Waals surface area contributed by atoms with E-state index < -0.39 is 28.5 Å². The number of sulfonamides is 1. The summed E-state index contributed by atoms with van der Waals surface area (Å²) in [6, 6.07) is 23.4. The molecule has 0 bridgehead atoms. The summed E-state index contributed by atoms with van der Waals surface area (Å²) < 4.78 is 34.3. The van der Waals surface area contributed by atoms with E-state index in [2.05, 4.69) is 5.32 Å². The Labute approximate surface area is 243 Å². The Morgan fingerprint density at radius 2 is 1.59 bits per heavy atom. The number of nitrogens with one attached hydrogen (secondary N) is 1. The number of hydrogen-bond acceptors (Lipinski definition) is 5. The Kier molecular flexibility index (Phi) is 10.4. The lowest BCUT2D eigenvalue weighted by molar-refractivity contribution is -0.140. The summed E-state index contributed by atoms with van der Waals surface area (Å²) >= 11 is 0. The number of anilines is 1. The maximum atomic E-state index is 14.2. The maximum Gasteiger partial charge on any atom is 0.264 e. The summed E-state index contributed by atoms with van der Waals surface area (Å²) in [6.07, 6.45) is 5.55. The molecule has 1 N–H and O–H groups in total. The quantitative estimate of drug-likeness (QED) is 0.321.